The van der Waals surface area contributed by atoms with Gasteiger partial charge >= 0.3 is 5.97 Å². The van der Waals surface area contributed by atoms with Crippen LogP contribution in [-0.4, -0.2) is 5.97 Å². The Hall–Kier alpha value is -2.82. The van der Waals surface area contributed by atoms with Crippen molar-refractivity contribution >= 4 is 5.97 Å². The SMILES string of the molecule is CCCCCCCC1=CCC(c2cc(F)c(C(=O)Oc3ccc(F)cc3)c(F)c2)C=C1. The molecule has 1 atom stereocenters. The van der Waals surface area contributed by atoms with E-state index >= 15 is 0 Å². The molecule has 3 rings (SSSR count). The number of rotatable bonds is 9. The highest BCUT2D eigenvalue weighted by Gasteiger charge is 2.23. The number of benzene rings is 2. The molecule has 0 radical (unpaired) electrons. The van der Waals surface area contributed by atoms with Gasteiger partial charge in [-0.05, 0) is 61.2 Å². The molecule has 31 heavy (non-hydrogen) atoms. The van der Waals surface area contributed by atoms with E-state index < -0.39 is 29.0 Å². The maximum atomic E-state index is 14.6. The molecule has 0 fully saturated rings. The third-order valence-corrected chi connectivity index (χ3v) is 5.47. The fourth-order valence-corrected chi connectivity index (χ4v) is 3.69. The molecule has 0 aromatic heterocycles. The molecule has 2 nitrogen and oxygen atoms in total. The summed E-state index contributed by atoms with van der Waals surface area (Å²) < 4.78 is 47.1. The van der Waals surface area contributed by atoms with E-state index in [9.17, 15) is 18.0 Å². The van der Waals surface area contributed by atoms with E-state index in [0.29, 0.717) is 12.0 Å². The lowest BCUT2D eigenvalue weighted by Crippen LogP contribution is -2.14. The van der Waals surface area contributed by atoms with Crippen LogP contribution in [0.1, 0.15) is 73.7 Å². The molecule has 0 spiro atoms. The monoisotopic (exact) mass is 428 g/mol. The topological polar surface area (TPSA) is 26.3 Å². The van der Waals surface area contributed by atoms with Gasteiger partial charge in [0.05, 0.1) is 0 Å². The summed E-state index contributed by atoms with van der Waals surface area (Å²) in [6.45, 7) is 2.19. The molecule has 0 saturated heterocycles. The lowest BCUT2D eigenvalue weighted by molar-refractivity contribution is 0.0724. The third-order valence-electron chi connectivity index (χ3n) is 5.47. The normalized spacial score (nSPS) is 15.6. The molecular formula is C26H27F3O2. The van der Waals surface area contributed by atoms with E-state index in [0.717, 1.165) is 25.0 Å². The molecule has 1 unspecified atom stereocenters. The van der Waals surface area contributed by atoms with Crippen LogP contribution in [0.2, 0.25) is 0 Å². The Morgan fingerprint density at radius 3 is 2.29 bits per heavy atom. The van der Waals surface area contributed by atoms with Crippen molar-refractivity contribution in [1.29, 1.82) is 0 Å². The zero-order valence-electron chi connectivity index (χ0n) is 17.7. The number of hydrogen-bond acceptors (Lipinski definition) is 2. The fourth-order valence-electron chi connectivity index (χ4n) is 3.69. The summed E-state index contributed by atoms with van der Waals surface area (Å²) in [6, 6.07) is 7.00. The average Bonchev–Trinajstić information content (AvgIpc) is 2.75. The zero-order valence-corrected chi connectivity index (χ0v) is 17.7. The van der Waals surface area contributed by atoms with Gasteiger partial charge in [-0.2, -0.15) is 0 Å². The van der Waals surface area contributed by atoms with Crippen molar-refractivity contribution in [2.45, 2.75) is 57.8 Å². The van der Waals surface area contributed by atoms with E-state index in [1.165, 1.54) is 55.5 Å². The van der Waals surface area contributed by atoms with Crippen molar-refractivity contribution in [3.63, 3.8) is 0 Å². The van der Waals surface area contributed by atoms with Crippen molar-refractivity contribution in [2.75, 3.05) is 0 Å². The van der Waals surface area contributed by atoms with Crippen molar-refractivity contribution in [3.8, 4) is 5.75 Å². The second-order valence-electron chi connectivity index (χ2n) is 7.85. The van der Waals surface area contributed by atoms with Crippen LogP contribution in [0.15, 0.2) is 60.2 Å². The van der Waals surface area contributed by atoms with Crippen LogP contribution < -0.4 is 4.74 Å². The quantitative estimate of drug-likeness (QED) is 0.233. The van der Waals surface area contributed by atoms with Crippen LogP contribution in [0, 0.1) is 17.5 Å². The fraction of sp³-hybridized carbons (Fsp3) is 0.346. The number of hydrogen-bond donors (Lipinski definition) is 0. The molecule has 1 aliphatic carbocycles. The highest BCUT2D eigenvalue weighted by Crippen LogP contribution is 2.31. The van der Waals surface area contributed by atoms with Crippen molar-refractivity contribution in [1.82, 2.24) is 0 Å². The van der Waals surface area contributed by atoms with Crippen LogP contribution in [0.3, 0.4) is 0 Å². The maximum Gasteiger partial charge on any atom is 0.349 e. The Balaban J connectivity index is 1.62. The van der Waals surface area contributed by atoms with Crippen molar-refractivity contribution < 1.29 is 22.7 Å². The van der Waals surface area contributed by atoms with Gasteiger partial charge in [0.25, 0.3) is 0 Å². The van der Waals surface area contributed by atoms with Crippen molar-refractivity contribution in [3.05, 3.63) is 88.8 Å². The van der Waals surface area contributed by atoms with Gasteiger partial charge in [-0.25, -0.2) is 18.0 Å². The summed E-state index contributed by atoms with van der Waals surface area (Å²) in [6.07, 6.45) is 13.9. The van der Waals surface area contributed by atoms with Crippen LogP contribution in [0.25, 0.3) is 0 Å². The minimum atomic E-state index is -1.16. The summed E-state index contributed by atoms with van der Waals surface area (Å²) >= 11 is 0. The second-order valence-corrected chi connectivity index (χ2v) is 7.85. The summed E-state index contributed by atoms with van der Waals surface area (Å²) in [5, 5.41) is 0. The van der Waals surface area contributed by atoms with Gasteiger partial charge in [0.1, 0.15) is 28.8 Å². The smallest absolute Gasteiger partial charge is 0.349 e. The van der Waals surface area contributed by atoms with Gasteiger partial charge in [-0.1, -0.05) is 56.4 Å². The van der Waals surface area contributed by atoms with Crippen LogP contribution >= 0.6 is 0 Å². The summed E-state index contributed by atoms with van der Waals surface area (Å²) in [5.74, 6) is -3.73. The molecule has 2 aromatic rings. The molecule has 164 valence electrons. The molecule has 0 saturated carbocycles. The number of unbranched alkanes of at least 4 members (excludes halogenated alkanes) is 4. The maximum absolute atomic E-state index is 14.6. The molecule has 0 N–H and O–H groups in total. The van der Waals surface area contributed by atoms with Crippen LogP contribution in [0.5, 0.6) is 5.75 Å². The number of carbonyl (C=O) groups is 1. The Morgan fingerprint density at radius 2 is 1.68 bits per heavy atom. The van der Waals surface area contributed by atoms with Gasteiger partial charge in [0.2, 0.25) is 0 Å². The molecule has 0 amide bonds. The number of carbonyl (C=O) groups excluding carboxylic acids is 1. The van der Waals surface area contributed by atoms with Gasteiger partial charge in [-0.15, -0.1) is 0 Å². The Kier molecular flexibility index (Phi) is 8.10. The molecule has 1 aliphatic rings. The standard InChI is InChI=1S/C26H27F3O2/c1-2-3-4-5-6-7-18-8-10-19(11-9-18)20-16-23(28)25(24(29)17-20)26(30)31-22-14-12-21(27)13-15-22/h8-10,12-17,19H,2-7,11H2,1H3. The molecular weight excluding hydrogens is 401 g/mol. The summed E-state index contributed by atoms with van der Waals surface area (Å²) in [4.78, 5) is 12.2. The minimum Gasteiger partial charge on any atom is -0.423 e. The van der Waals surface area contributed by atoms with E-state index in [1.807, 2.05) is 12.2 Å². The largest absolute Gasteiger partial charge is 0.423 e. The molecule has 5 heteroatoms. The van der Waals surface area contributed by atoms with E-state index in [1.54, 1.807) is 0 Å². The first kappa shape index (κ1) is 22.9. The number of allylic oxidation sites excluding steroid dienone is 4. The molecule has 2 aromatic carbocycles. The minimum absolute atomic E-state index is 0.0110. The molecule has 0 heterocycles. The van der Waals surface area contributed by atoms with E-state index in [4.69, 9.17) is 4.74 Å². The summed E-state index contributed by atoms with van der Waals surface area (Å²) in [5.41, 5.74) is 0.979. The highest BCUT2D eigenvalue weighted by molar-refractivity contribution is 5.91. The molecule has 0 bridgehead atoms. The van der Waals surface area contributed by atoms with Gasteiger partial charge in [-0.3, -0.25) is 0 Å². The van der Waals surface area contributed by atoms with Gasteiger partial charge < -0.3 is 4.74 Å². The first-order valence-electron chi connectivity index (χ1n) is 10.8. The second kappa shape index (κ2) is 11.0. The van der Waals surface area contributed by atoms with Crippen molar-refractivity contribution in [2.24, 2.45) is 0 Å². The Morgan fingerprint density at radius 1 is 1.00 bits per heavy atom. The Bertz CT molecular complexity index is 938. The number of halogens is 3. The highest BCUT2D eigenvalue weighted by atomic mass is 19.1. The first-order chi connectivity index (χ1) is 15.0. The number of ether oxygens (including phenoxy) is 1. The van der Waals surface area contributed by atoms with Gasteiger partial charge in [0.15, 0.2) is 0 Å². The lowest BCUT2D eigenvalue weighted by Gasteiger charge is -2.18. The van der Waals surface area contributed by atoms with Crippen LogP contribution in [-0.2, 0) is 0 Å². The molecule has 0 aliphatic heterocycles. The average molecular weight is 428 g/mol. The Labute approximate surface area is 181 Å². The lowest BCUT2D eigenvalue weighted by atomic mass is 9.88. The van der Waals surface area contributed by atoms with E-state index in [2.05, 4.69) is 13.0 Å². The summed E-state index contributed by atoms with van der Waals surface area (Å²) in [7, 11) is 0. The van der Waals surface area contributed by atoms with Gasteiger partial charge in [0, 0.05) is 5.92 Å². The first-order valence-corrected chi connectivity index (χ1v) is 10.8. The van der Waals surface area contributed by atoms with Crippen LogP contribution in [0.4, 0.5) is 13.2 Å². The zero-order chi connectivity index (χ0) is 22.2. The third kappa shape index (κ3) is 6.33. The predicted molar refractivity (Wildman–Crippen MR) is 116 cm³/mol. The number of esters is 1. The van der Waals surface area contributed by atoms with E-state index in [-0.39, 0.29) is 11.7 Å². The predicted octanol–water partition coefficient (Wildman–Crippen LogP) is 7.65.